The van der Waals surface area contributed by atoms with Crippen molar-refractivity contribution < 1.29 is 4.74 Å². The summed E-state index contributed by atoms with van der Waals surface area (Å²) in [6.07, 6.45) is 6.35. The molecule has 0 radical (unpaired) electrons. The third-order valence-electron chi connectivity index (χ3n) is 2.85. The molecule has 4 heteroatoms. The molecule has 1 fully saturated rings. The van der Waals surface area contributed by atoms with E-state index in [1.165, 1.54) is 6.42 Å². The van der Waals surface area contributed by atoms with E-state index in [0.29, 0.717) is 12.1 Å². The maximum atomic E-state index is 5.63. The van der Waals surface area contributed by atoms with Crippen molar-refractivity contribution in [1.29, 1.82) is 0 Å². The zero-order valence-corrected chi connectivity index (χ0v) is 8.73. The lowest BCUT2D eigenvalue weighted by Crippen LogP contribution is -2.41. The van der Waals surface area contributed by atoms with Crippen molar-refractivity contribution in [2.24, 2.45) is 0 Å². The van der Waals surface area contributed by atoms with Crippen LogP contribution in [0, 0.1) is 0 Å². The van der Waals surface area contributed by atoms with Crippen LogP contribution in [0.15, 0.2) is 12.4 Å². The Morgan fingerprint density at radius 1 is 1.57 bits per heavy atom. The molecule has 0 spiro atoms. The monoisotopic (exact) mass is 195 g/mol. The molecule has 0 saturated carbocycles. The Morgan fingerprint density at radius 2 is 2.43 bits per heavy atom. The molecule has 1 aromatic rings. The first-order chi connectivity index (χ1) is 6.77. The van der Waals surface area contributed by atoms with Gasteiger partial charge in [-0.05, 0) is 19.8 Å². The van der Waals surface area contributed by atoms with Crippen LogP contribution < -0.4 is 4.90 Å². The van der Waals surface area contributed by atoms with Crippen LogP contribution in [0.4, 0.5) is 5.95 Å². The molecule has 0 bridgehead atoms. The number of aromatic amines is 1. The average Bonchev–Trinajstić information content (AvgIpc) is 2.71. The highest BCUT2D eigenvalue weighted by Crippen LogP contribution is 2.19. The van der Waals surface area contributed by atoms with Crippen molar-refractivity contribution in [3.63, 3.8) is 0 Å². The zero-order valence-electron chi connectivity index (χ0n) is 8.73. The molecular formula is C10H17N3O. The van der Waals surface area contributed by atoms with Gasteiger partial charge in [0.15, 0.2) is 0 Å². The van der Waals surface area contributed by atoms with Gasteiger partial charge in [-0.25, -0.2) is 4.98 Å². The molecule has 78 valence electrons. The van der Waals surface area contributed by atoms with E-state index < -0.39 is 0 Å². The minimum absolute atomic E-state index is 0.413. The van der Waals surface area contributed by atoms with E-state index in [1.54, 1.807) is 6.20 Å². The van der Waals surface area contributed by atoms with Gasteiger partial charge < -0.3 is 14.6 Å². The van der Waals surface area contributed by atoms with Gasteiger partial charge in [0.2, 0.25) is 5.95 Å². The lowest BCUT2D eigenvalue weighted by Gasteiger charge is -2.33. The SMILES string of the molecule is CC1CCC(N(C)c2ncc[nH]2)CO1. The minimum atomic E-state index is 0.413. The van der Waals surface area contributed by atoms with Gasteiger partial charge in [0.05, 0.1) is 18.8 Å². The van der Waals surface area contributed by atoms with E-state index in [4.69, 9.17) is 4.74 Å². The molecule has 1 N–H and O–H groups in total. The van der Waals surface area contributed by atoms with E-state index in [0.717, 1.165) is 19.0 Å². The molecule has 1 saturated heterocycles. The molecule has 0 amide bonds. The highest BCUT2D eigenvalue weighted by Gasteiger charge is 2.23. The Labute approximate surface area is 84.3 Å². The van der Waals surface area contributed by atoms with Crippen molar-refractivity contribution >= 4 is 5.95 Å². The molecule has 0 aromatic carbocycles. The summed E-state index contributed by atoms with van der Waals surface area (Å²) >= 11 is 0. The normalized spacial score (nSPS) is 27.6. The molecule has 2 heterocycles. The fourth-order valence-electron chi connectivity index (χ4n) is 1.80. The maximum absolute atomic E-state index is 5.63. The van der Waals surface area contributed by atoms with Gasteiger partial charge in [-0.3, -0.25) is 0 Å². The van der Waals surface area contributed by atoms with Gasteiger partial charge in [0, 0.05) is 19.4 Å². The van der Waals surface area contributed by atoms with Gasteiger partial charge in [0.1, 0.15) is 0 Å². The van der Waals surface area contributed by atoms with E-state index in [9.17, 15) is 0 Å². The topological polar surface area (TPSA) is 41.2 Å². The molecule has 14 heavy (non-hydrogen) atoms. The average molecular weight is 195 g/mol. The highest BCUT2D eigenvalue weighted by atomic mass is 16.5. The summed E-state index contributed by atoms with van der Waals surface area (Å²) in [6.45, 7) is 2.93. The molecule has 2 atom stereocenters. The van der Waals surface area contributed by atoms with Crippen LogP contribution in [0.5, 0.6) is 0 Å². The molecular weight excluding hydrogens is 178 g/mol. The van der Waals surface area contributed by atoms with Gasteiger partial charge in [-0.15, -0.1) is 0 Å². The summed E-state index contributed by atoms with van der Waals surface area (Å²) < 4.78 is 5.63. The predicted octanol–water partition coefficient (Wildman–Crippen LogP) is 1.41. The van der Waals surface area contributed by atoms with Crippen LogP contribution in [0.25, 0.3) is 0 Å². The predicted molar refractivity (Wildman–Crippen MR) is 55.4 cm³/mol. The third kappa shape index (κ3) is 1.90. The molecule has 0 aliphatic carbocycles. The largest absolute Gasteiger partial charge is 0.376 e. The van der Waals surface area contributed by atoms with E-state index >= 15 is 0 Å². The Balaban J connectivity index is 1.95. The van der Waals surface area contributed by atoms with Crippen LogP contribution in [0.1, 0.15) is 19.8 Å². The van der Waals surface area contributed by atoms with Crippen LogP contribution in [0.3, 0.4) is 0 Å². The minimum Gasteiger partial charge on any atom is -0.376 e. The molecule has 1 aliphatic heterocycles. The van der Waals surface area contributed by atoms with E-state index in [-0.39, 0.29) is 0 Å². The smallest absolute Gasteiger partial charge is 0.202 e. The summed E-state index contributed by atoms with van der Waals surface area (Å²) in [5.41, 5.74) is 0. The van der Waals surface area contributed by atoms with Gasteiger partial charge in [-0.2, -0.15) is 0 Å². The molecule has 1 aliphatic rings. The lowest BCUT2D eigenvalue weighted by atomic mass is 10.1. The molecule has 4 nitrogen and oxygen atoms in total. The van der Waals surface area contributed by atoms with Crippen molar-refractivity contribution in [2.45, 2.75) is 31.9 Å². The fraction of sp³-hybridized carbons (Fsp3) is 0.700. The first kappa shape index (κ1) is 9.52. The van der Waals surface area contributed by atoms with Gasteiger partial charge in [-0.1, -0.05) is 0 Å². The summed E-state index contributed by atoms with van der Waals surface area (Å²) in [4.78, 5) is 9.49. The van der Waals surface area contributed by atoms with Gasteiger partial charge >= 0.3 is 0 Å². The second-order valence-electron chi connectivity index (χ2n) is 3.90. The van der Waals surface area contributed by atoms with Gasteiger partial charge in [0.25, 0.3) is 0 Å². The van der Waals surface area contributed by atoms with Crippen LogP contribution >= 0.6 is 0 Å². The van der Waals surface area contributed by atoms with Crippen molar-refractivity contribution in [2.75, 3.05) is 18.6 Å². The second-order valence-corrected chi connectivity index (χ2v) is 3.90. The molecule has 2 rings (SSSR count). The van der Waals surface area contributed by atoms with Crippen molar-refractivity contribution in [1.82, 2.24) is 9.97 Å². The first-order valence-corrected chi connectivity index (χ1v) is 5.11. The number of imidazole rings is 1. The van der Waals surface area contributed by atoms with Crippen LogP contribution in [-0.4, -0.2) is 35.8 Å². The second kappa shape index (κ2) is 4.00. The first-order valence-electron chi connectivity index (χ1n) is 5.11. The summed E-state index contributed by atoms with van der Waals surface area (Å²) in [6, 6.07) is 0.456. The Hall–Kier alpha value is -1.03. The number of aromatic nitrogens is 2. The Bertz CT molecular complexity index is 265. The maximum Gasteiger partial charge on any atom is 0.202 e. The molecule has 2 unspecified atom stereocenters. The third-order valence-corrected chi connectivity index (χ3v) is 2.85. The number of hydrogen-bond donors (Lipinski definition) is 1. The van der Waals surface area contributed by atoms with Crippen LogP contribution in [-0.2, 0) is 4.74 Å². The fourth-order valence-corrected chi connectivity index (χ4v) is 1.80. The number of nitrogens with zero attached hydrogens (tertiary/aromatic N) is 2. The summed E-state index contributed by atoms with van der Waals surface area (Å²) in [7, 11) is 2.06. The lowest BCUT2D eigenvalue weighted by molar-refractivity contribution is 0.0160. The standard InChI is InChI=1S/C10H17N3O/c1-8-3-4-9(7-14-8)13(2)10-11-5-6-12-10/h5-6,8-9H,3-4,7H2,1-2H3,(H,11,12). The Morgan fingerprint density at radius 3 is 3.00 bits per heavy atom. The summed E-state index contributed by atoms with van der Waals surface area (Å²) in [5, 5.41) is 0. The number of nitrogens with one attached hydrogen (secondary N) is 1. The van der Waals surface area contributed by atoms with E-state index in [2.05, 4.69) is 28.8 Å². The van der Waals surface area contributed by atoms with Crippen molar-refractivity contribution in [3.05, 3.63) is 12.4 Å². The highest BCUT2D eigenvalue weighted by molar-refractivity contribution is 5.29. The quantitative estimate of drug-likeness (QED) is 0.775. The van der Waals surface area contributed by atoms with Crippen LogP contribution in [0.2, 0.25) is 0 Å². The van der Waals surface area contributed by atoms with E-state index in [1.807, 2.05) is 6.20 Å². The Kier molecular flexibility index (Phi) is 2.72. The van der Waals surface area contributed by atoms with Crippen molar-refractivity contribution in [3.8, 4) is 0 Å². The number of H-pyrrole nitrogens is 1. The number of hydrogen-bond acceptors (Lipinski definition) is 3. The number of ether oxygens (including phenoxy) is 1. The molecule has 1 aromatic heterocycles. The zero-order chi connectivity index (χ0) is 9.97. The number of rotatable bonds is 2. The summed E-state index contributed by atoms with van der Waals surface area (Å²) in [5.74, 6) is 0.924. The number of likely N-dealkylation sites (N-methyl/N-ethyl adjacent to an activating group) is 1. The number of anilines is 1.